The highest BCUT2D eigenvalue weighted by atomic mass is 32.2. The van der Waals surface area contributed by atoms with Crippen LogP contribution in [0.2, 0.25) is 0 Å². The van der Waals surface area contributed by atoms with Crippen molar-refractivity contribution in [2.75, 3.05) is 31.6 Å². The topological polar surface area (TPSA) is 67.9 Å². The first-order valence-corrected chi connectivity index (χ1v) is 9.88. The molecule has 3 rings (SSSR count). The Hall–Kier alpha value is -2.81. The van der Waals surface area contributed by atoms with Crippen molar-refractivity contribution in [1.82, 2.24) is 4.90 Å². The van der Waals surface area contributed by atoms with Gasteiger partial charge in [0.1, 0.15) is 19.8 Å². The van der Waals surface area contributed by atoms with Crippen LogP contribution < -0.4 is 14.8 Å². The van der Waals surface area contributed by atoms with Gasteiger partial charge in [0.2, 0.25) is 5.91 Å². The molecule has 1 N–H and O–H groups in total. The van der Waals surface area contributed by atoms with Gasteiger partial charge in [-0.25, -0.2) is 0 Å². The number of carbonyl (C=O) groups excluding carboxylic acids is 2. The minimum Gasteiger partial charge on any atom is -0.486 e. The number of hydrogen-bond donors (Lipinski definition) is 1. The van der Waals surface area contributed by atoms with E-state index in [9.17, 15) is 18.4 Å². The predicted molar refractivity (Wildman–Crippen MR) is 106 cm³/mol. The molecule has 1 aliphatic rings. The molecule has 2 amide bonds. The highest BCUT2D eigenvalue weighted by Gasteiger charge is 2.19. The van der Waals surface area contributed by atoms with Crippen molar-refractivity contribution >= 4 is 29.3 Å². The maximum Gasteiger partial charge on any atom is 0.288 e. The molecule has 0 spiro atoms. The molecule has 6 nitrogen and oxygen atoms in total. The summed E-state index contributed by atoms with van der Waals surface area (Å²) in [6.07, 6.45) is 0. The molecule has 0 fully saturated rings. The molecule has 29 heavy (non-hydrogen) atoms. The van der Waals surface area contributed by atoms with Crippen LogP contribution in [0.5, 0.6) is 11.5 Å². The molecular weight excluding hydrogens is 402 g/mol. The number of hydrogen-bond acceptors (Lipinski definition) is 5. The summed E-state index contributed by atoms with van der Waals surface area (Å²) in [5.74, 6) is -2.06. The zero-order valence-electron chi connectivity index (χ0n) is 15.7. The van der Waals surface area contributed by atoms with Gasteiger partial charge in [0.15, 0.2) is 11.5 Å². The quantitative estimate of drug-likeness (QED) is 0.686. The van der Waals surface area contributed by atoms with E-state index in [4.69, 9.17) is 9.47 Å². The number of rotatable bonds is 7. The number of nitrogens with one attached hydrogen (secondary N) is 1. The Labute approximate surface area is 171 Å². The maximum absolute atomic E-state index is 12.6. The molecule has 9 heteroatoms. The first-order chi connectivity index (χ1) is 14.0. The summed E-state index contributed by atoms with van der Waals surface area (Å²) < 4.78 is 35.7. The van der Waals surface area contributed by atoms with E-state index < -0.39 is 5.76 Å². The Bertz CT molecular complexity index is 877. The largest absolute Gasteiger partial charge is 0.486 e. The zero-order valence-corrected chi connectivity index (χ0v) is 16.5. The molecule has 0 unspecified atom stereocenters. The van der Waals surface area contributed by atoms with Crippen LogP contribution in [0.4, 0.5) is 14.5 Å². The van der Waals surface area contributed by atoms with Gasteiger partial charge in [-0.2, -0.15) is 8.78 Å². The molecular formula is C20H20F2N2O4S. The van der Waals surface area contributed by atoms with E-state index in [0.29, 0.717) is 59.2 Å². The van der Waals surface area contributed by atoms with Gasteiger partial charge in [-0.15, -0.1) is 0 Å². The highest BCUT2D eigenvalue weighted by molar-refractivity contribution is 7.99. The standard InChI is InChI=1S/C20H20F2N2O4S/c1-2-24(19(26)13-3-6-15(7-4-13)29-20(21)22)12-18(25)23-14-5-8-16-17(11-14)28-10-9-27-16/h3-8,11,20H,2,9-10,12H2,1H3,(H,23,25). The molecule has 2 aromatic rings. The number of fused-ring (bicyclic) bond motifs is 1. The van der Waals surface area contributed by atoms with Crippen LogP contribution in [0, 0.1) is 0 Å². The van der Waals surface area contributed by atoms with Gasteiger partial charge in [-0.05, 0) is 43.3 Å². The third-order valence-corrected chi connectivity index (χ3v) is 4.88. The molecule has 0 saturated carbocycles. The lowest BCUT2D eigenvalue weighted by Gasteiger charge is -2.21. The smallest absolute Gasteiger partial charge is 0.288 e. The fourth-order valence-corrected chi connectivity index (χ4v) is 3.28. The van der Waals surface area contributed by atoms with Gasteiger partial charge in [0.25, 0.3) is 11.7 Å². The summed E-state index contributed by atoms with van der Waals surface area (Å²) in [7, 11) is 0. The second-order valence-corrected chi connectivity index (χ2v) is 7.19. The summed E-state index contributed by atoms with van der Waals surface area (Å²) in [6, 6.07) is 11.0. The minimum atomic E-state index is -2.52. The normalized spacial score (nSPS) is 12.6. The summed E-state index contributed by atoms with van der Waals surface area (Å²) in [4.78, 5) is 26.8. The van der Waals surface area contributed by atoms with Crippen LogP contribution in [-0.2, 0) is 4.79 Å². The molecule has 0 saturated heterocycles. The van der Waals surface area contributed by atoms with Crippen molar-refractivity contribution in [3.05, 3.63) is 48.0 Å². The van der Waals surface area contributed by atoms with Gasteiger partial charge < -0.3 is 19.7 Å². The Morgan fingerprint density at radius 2 is 1.79 bits per heavy atom. The number of ether oxygens (including phenoxy) is 2. The Morgan fingerprint density at radius 1 is 1.10 bits per heavy atom. The summed E-state index contributed by atoms with van der Waals surface area (Å²) in [5.41, 5.74) is 0.869. The second kappa shape index (κ2) is 9.60. The molecule has 154 valence electrons. The van der Waals surface area contributed by atoms with E-state index in [1.54, 1.807) is 25.1 Å². The van der Waals surface area contributed by atoms with Gasteiger partial charge >= 0.3 is 0 Å². The molecule has 0 aromatic heterocycles. The third-order valence-electron chi connectivity index (χ3n) is 4.16. The maximum atomic E-state index is 12.6. The van der Waals surface area contributed by atoms with Gasteiger partial charge in [-0.1, -0.05) is 11.8 Å². The van der Waals surface area contributed by atoms with Crippen LogP contribution in [0.25, 0.3) is 0 Å². The lowest BCUT2D eigenvalue weighted by molar-refractivity contribution is -0.116. The number of benzene rings is 2. The van der Waals surface area contributed by atoms with Gasteiger partial charge in [0, 0.05) is 28.8 Å². The number of nitrogens with zero attached hydrogens (tertiary/aromatic N) is 1. The van der Waals surface area contributed by atoms with Crippen molar-refractivity contribution < 1.29 is 27.8 Å². The minimum absolute atomic E-state index is 0.142. The van der Waals surface area contributed by atoms with Crippen molar-refractivity contribution in [3.63, 3.8) is 0 Å². The lowest BCUT2D eigenvalue weighted by Crippen LogP contribution is -2.37. The summed E-state index contributed by atoms with van der Waals surface area (Å²) in [6.45, 7) is 2.86. The SMILES string of the molecule is CCN(CC(=O)Nc1ccc2c(c1)OCCO2)C(=O)c1ccc(SC(F)F)cc1. The van der Waals surface area contributed by atoms with Crippen molar-refractivity contribution in [2.24, 2.45) is 0 Å². The number of thioether (sulfide) groups is 1. The lowest BCUT2D eigenvalue weighted by atomic mass is 10.2. The van der Waals surface area contributed by atoms with E-state index in [2.05, 4.69) is 5.32 Å². The number of carbonyl (C=O) groups is 2. The van der Waals surface area contributed by atoms with Crippen molar-refractivity contribution in [3.8, 4) is 11.5 Å². The van der Waals surface area contributed by atoms with Crippen LogP contribution in [0.1, 0.15) is 17.3 Å². The first-order valence-electron chi connectivity index (χ1n) is 9.00. The van der Waals surface area contributed by atoms with Crippen LogP contribution in [0.3, 0.4) is 0 Å². The molecule has 1 aliphatic heterocycles. The highest BCUT2D eigenvalue weighted by Crippen LogP contribution is 2.32. The summed E-state index contributed by atoms with van der Waals surface area (Å²) in [5, 5.41) is 2.74. The fraction of sp³-hybridized carbons (Fsp3) is 0.300. The molecule has 0 radical (unpaired) electrons. The van der Waals surface area contributed by atoms with E-state index in [1.165, 1.54) is 29.2 Å². The van der Waals surface area contributed by atoms with E-state index in [0.717, 1.165) is 0 Å². The van der Waals surface area contributed by atoms with Gasteiger partial charge in [-0.3, -0.25) is 9.59 Å². The molecule has 2 aromatic carbocycles. The number of alkyl halides is 2. The van der Waals surface area contributed by atoms with Crippen molar-refractivity contribution in [2.45, 2.75) is 17.6 Å². The van der Waals surface area contributed by atoms with Crippen molar-refractivity contribution in [1.29, 1.82) is 0 Å². The van der Waals surface area contributed by atoms with Gasteiger partial charge in [0.05, 0.1) is 0 Å². The molecule has 0 bridgehead atoms. The Kier molecular flexibility index (Phi) is 6.92. The van der Waals surface area contributed by atoms with E-state index >= 15 is 0 Å². The predicted octanol–water partition coefficient (Wildman–Crippen LogP) is 3.87. The fourth-order valence-electron chi connectivity index (χ4n) is 2.78. The Balaban J connectivity index is 1.61. The van der Waals surface area contributed by atoms with Crippen LogP contribution in [0.15, 0.2) is 47.4 Å². The zero-order chi connectivity index (χ0) is 20.8. The number of likely N-dealkylation sites (N-methyl/N-ethyl adjacent to an activating group) is 1. The monoisotopic (exact) mass is 422 g/mol. The number of halogens is 2. The number of anilines is 1. The first kappa shape index (κ1) is 20.9. The average Bonchev–Trinajstić information content (AvgIpc) is 2.71. The Morgan fingerprint density at radius 3 is 2.45 bits per heavy atom. The molecule has 0 atom stereocenters. The third kappa shape index (κ3) is 5.60. The van der Waals surface area contributed by atoms with E-state index in [-0.39, 0.29) is 18.4 Å². The molecule has 0 aliphatic carbocycles. The van der Waals surface area contributed by atoms with E-state index in [1.807, 2.05) is 0 Å². The second-order valence-electron chi connectivity index (χ2n) is 6.13. The van der Waals surface area contributed by atoms with Crippen LogP contribution in [-0.4, -0.2) is 48.8 Å². The average molecular weight is 422 g/mol. The molecule has 1 heterocycles. The number of amides is 2. The summed E-state index contributed by atoms with van der Waals surface area (Å²) >= 11 is 0.413. The van der Waals surface area contributed by atoms with Crippen LogP contribution >= 0.6 is 11.8 Å².